The Kier molecular flexibility index (Phi) is 4.72. The maximum absolute atomic E-state index is 12.6. The fourth-order valence-corrected chi connectivity index (χ4v) is 2.95. The molecule has 6 nitrogen and oxygen atoms in total. The molecule has 0 saturated carbocycles. The van der Waals surface area contributed by atoms with Gasteiger partial charge in [0.1, 0.15) is 6.04 Å². The average Bonchev–Trinajstić information content (AvgIpc) is 2.83. The van der Waals surface area contributed by atoms with Crippen LogP contribution in [-0.2, 0) is 20.8 Å². The van der Waals surface area contributed by atoms with Crippen molar-refractivity contribution in [2.75, 3.05) is 10.2 Å². The van der Waals surface area contributed by atoms with E-state index in [1.165, 1.54) is 0 Å². The van der Waals surface area contributed by atoms with Crippen LogP contribution in [0, 0.1) is 0 Å². The molecule has 25 heavy (non-hydrogen) atoms. The number of anilines is 2. The van der Waals surface area contributed by atoms with E-state index in [9.17, 15) is 14.4 Å². The number of carbonyl (C=O) groups is 3. The molecule has 0 spiro atoms. The second-order valence-electron chi connectivity index (χ2n) is 5.69. The lowest BCUT2D eigenvalue weighted by Gasteiger charge is -2.17. The number of halogens is 1. The van der Waals surface area contributed by atoms with Crippen molar-refractivity contribution in [2.24, 2.45) is 0 Å². The number of rotatable bonds is 5. The van der Waals surface area contributed by atoms with Crippen LogP contribution in [0.3, 0.4) is 0 Å². The van der Waals surface area contributed by atoms with Gasteiger partial charge in [0, 0.05) is 5.69 Å². The molecule has 1 fully saturated rings. The van der Waals surface area contributed by atoms with Gasteiger partial charge >= 0.3 is 5.97 Å². The van der Waals surface area contributed by atoms with Gasteiger partial charge in [-0.2, -0.15) is 0 Å². The number of hydrogen-bond acceptors (Lipinski definition) is 4. The topological polar surface area (TPSA) is 86.7 Å². The molecule has 1 heterocycles. The van der Waals surface area contributed by atoms with Gasteiger partial charge in [0.2, 0.25) is 5.91 Å². The van der Waals surface area contributed by atoms with Gasteiger partial charge in [-0.15, -0.1) is 0 Å². The largest absolute Gasteiger partial charge is 0.481 e. The normalized spacial score (nSPS) is 17.0. The molecule has 0 bridgehead atoms. The van der Waals surface area contributed by atoms with Crippen molar-refractivity contribution < 1.29 is 19.5 Å². The summed E-state index contributed by atoms with van der Waals surface area (Å²) >= 11 is 6.09. The summed E-state index contributed by atoms with van der Waals surface area (Å²) in [6, 6.07) is 12.7. The minimum absolute atomic E-state index is 0.0287. The minimum atomic E-state index is -0.910. The molecule has 7 heteroatoms. The molecule has 0 aromatic heterocycles. The first kappa shape index (κ1) is 17.0. The van der Waals surface area contributed by atoms with Gasteiger partial charge in [-0.25, -0.2) is 4.90 Å². The van der Waals surface area contributed by atoms with Crippen LogP contribution < -0.4 is 10.2 Å². The molecule has 1 atom stereocenters. The SMILES string of the molecule is O=C(O)Cc1ccc(N[C@@H]2CC(=O)N(c3ccccc3Cl)C2=O)cc1. The number of imide groups is 1. The van der Waals surface area contributed by atoms with E-state index in [1.54, 1.807) is 48.5 Å². The molecule has 0 radical (unpaired) electrons. The maximum Gasteiger partial charge on any atom is 0.307 e. The number of para-hydroxylation sites is 1. The number of nitrogens with one attached hydrogen (secondary N) is 1. The summed E-state index contributed by atoms with van der Waals surface area (Å²) in [7, 11) is 0. The lowest BCUT2D eigenvalue weighted by molar-refractivity contribution is -0.136. The Morgan fingerprint density at radius 3 is 2.48 bits per heavy atom. The zero-order valence-electron chi connectivity index (χ0n) is 13.1. The molecule has 2 aromatic carbocycles. The van der Waals surface area contributed by atoms with E-state index in [1.807, 2.05) is 0 Å². The first-order valence-corrected chi connectivity index (χ1v) is 8.02. The van der Waals surface area contributed by atoms with E-state index in [0.717, 1.165) is 4.90 Å². The number of carbonyl (C=O) groups excluding carboxylic acids is 2. The van der Waals surface area contributed by atoms with Crippen molar-refractivity contribution >= 4 is 40.8 Å². The number of carboxylic acid groups (broad SMARTS) is 1. The van der Waals surface area contributed by atoms with Crippen molar-refractivity contribution in [3.8, 4) is 0 Å². The Morgan fingerprint density at radius 1 is 1.16 bits per heavy atom. The number of carboxylic acids is 1. The Labute approximate surface area is 149 Å². The molecule has 0 unspecified atom stereocenters. The highest BCUT2D eigenvalue weighted by Crippen LogP contribution is 2.30. The highest BCUT2D eigenvalue weighted by atomic mass is 35.5. The van der Waals surface area contributed by atoms with E-state index >= 15 is 0 Å². The van der Waals surface area contributed by atoms with Gasteiger partial charge in [-0.3, -0.25) is 14.4 Å². The van der Waals surface area contributed by atoms with Gasteiger partial charge in [-0.05, 0) is 29.8 Å². The fraction of sp³-hybridized carbons (Fsp3) is 0.167. The molecule has 3 rings (SSSR count). The summed E-state index contributed by atoms with van der Waals surface area (Å²) < 4.78 is 0. The number of aliphatic carboxylic acids is 1. The molecule has 128 valence electrons. The Morgan fingerprint density at radius 2 is 1.84 bits per heavy atom. The van der Waals surface area contributed by atoms with Crippen molar-refractivity contribution in [3.05, 3.63) is 59.1 Å². The second-order valence-corrected chi connectivity index (χ2v) is 6.09. The van der Waals surface area contributed by atoms with Gasteiger partial charge in [-0.1, -0.05) is 35.9 Å². The molecule has 2 aromatic rings. The smallest absolute Gasteiger partial charge is 0.307 e. The molecule has 2 N–H and O–H groups in total. The summed E-state index contributed by atoms with van der Waals surface area (Å²) in [5.74, 6) is -1.60. The fourth-order valence-electron chi connectivity index (χ4n) is 2.73. The number of amides is 2. The van der Waals surface area contributed by atoms with E-state index in [0.29, 0.717) is 22.0 Å². The first-order valence-electron chi connectivity index (χ1n) is 7.64. The van der Waals surface area contributed by atoms with E-state index in [4.69, 9.17) is 16.7 Å². The monoisotopic (exact) mass is 358 g/mol. The predicted octanol–water partition coefficient (Wildman–Crippen LogP) is 2.71. The van der Waals surface area contributed by atoms with Gasteiger partial charge in [0.05, 0.1) is 23.6 Å². The highest BCUT2D eigenvalue weighted by molar-refractivity contribution is 6.36. The Hall–Kier alpha value is -2.86. The lowest BCUT2D eigenvalue weighted by atomic mass is 10.1. The maximum atomic E-state index is 12.6. The van der Waals surface area contributed by atoms with Crippen LogP contribution in [-0.4, -0.2) is 28.9 Å². The predicted molar refractivity (Wildman–Crippen MR) is 93.8 cm³/mol. The third-order valence-electron chi connectivity index (χ3n) is 3.89. The number of nitrogens with zero attached hydrogens (tertiary/aromatic N) is 1. The number of hydrogen-bond donors (Lipinski definition) is 2. The van der Waals surface area contributed by atoms with Gasteiger partial charge < -0.3 is 10.4 Å². The van der Waals surface area contributed by atoms with Crippen LogP contribution in [0.1, 0.15) is 12.0 Å². The summed E-state index contributed by atoms with van der Waals surface area (Å²) in [5.41, 5.74) is 1.67. The molecular formula is C18H15ClN2O4. The quantitative estimate of drug-likeness (QED) is 0.802. The number of benzene rings is 2. The first-order chi connectivity index (χ1) is 12.0. The molecular weight excluding hydrogens is 344 g/mol. The van der Waals surface area contributed by atoms with E-state index in [-0.39, 0.29) is 24.7 Å². The van der Waals surface area contributed by atoms with E-state index < -0.39 is 12.0 Å². The molecule has 0 aliphatic carbocycles. The summed E-state index contributed by atoms with van der Waals surface area (Å²) in [4.78, 5) is 36.6. The zero-order chi connectivity index (χ0) is 18.0. The van der Waals surface area contributed by atoms with Crippen LogP contribution in [0.4, 0.5) is 11.4 Å². The highest BCUT2D eigenvalue weighted by Gasteiger charge is 2.40. The molecule has 1 aliphatic rings. The van der Waals surface area contributed by atoms with Crippen molar-refractivity contribution in [1.82, 2.24) is 0 Å². The van der Waals surface area contributed by atoms with Crippen LogP contribution in [0.5, 0.6) is 0 Å². The Balaban J connectivity index is 1.74. The molecule has 1 saturated heterocycles. The van der Waals surface area contributed by atoms with Gasteiger partial charge in [0.25, 0.3) is 5.91 Å². The molecule has 1 aliphatic heterocycles. The standard InChI is InChI=1S/C18H15ClN2O4/c19-13-3-1-2-4-15(13)21-16(22)10-14(18(21)25)20-12-7-5-11(6-8-12)9-17(23)24/h1-8,14,20H,9-10H2,(H,23,24)/t14-/m1/s1. The second kappa shape index (κ2) is 6.94. The average molecular weight is 359 g/mol. The lowest BCUT2D eigenvalue weighted by Crippen LogP contribution is -2.35. The van der Waals surface area contributed by atoms with Crippen LogP contribution in [0.15, 0.2) is 48.5 Å². The van der Waals surface area contributed by atoms with Gasteiger partial charge in [0.15, 0.2) is 0 Å². The van der Waals surface area contributed by atoms with Crippen molar-refractivity contribution in [2.45, 2.75) is 18.9 Å². The zero-order valence-corrected chi connectivity index (χ0v) is 13.9. The van der Waals surface area contributed by atoms with Crippen molar-refractivity contribution in [3.63, 3.8) is 0 Å². The summed E-state index contributed by atoms with van der Waals surface area (Å²) in [6.07, 6.45) is -0.0393. The Bertz CT molecular complexity index is 835. The van der Waals surface area contributed by atoms with Crippen LogP contribution in [0.2, 0.25) is 5.02 Å². The summed E-state index contributed by atoms with van der Waals surface area (Å²) in [5, 5.41) is 12.1. The molecule has 2 amide bonds. The third kappa shape index (κ3) is 3.64. The summed E-state index contributed by atoms with van der Waals surface area (Å²) in [6.45, 7) is 0. The van der Waals surface area contributed by atoms with E-state index in [2.05, 4.69) is 5.32 Å². The van der Waals surface area contributed by atoms with Crippen LogP contribution >= 0.6 is 11.6 Å². The third-order valence-corrected chi connectivity index (χ3v) is 4.21. The van der Waals surface area contributed by atoms with Crippen LogP contribution in [0.25, 0.3) is 0 Å². The minimum Gasteiger partial charge on any atom is -0.481 e. The van der Waals surface area contributed by atoms with Crippen molar-refractivity contribution in [1.29, 1.82) is 0 Å².